The Labute approximate surface area is 139 Å². The minimum absolute atomic E-state index is 0.0236. The normalized spacial score (nSPS) is 15.4. The van der Waals surface area contributed by atoms with Crippen LogP contribution in [0.5, 0.6) is 0 Å². The summed E-state index contributed by atoms with van der Waals surface area (Å²) in [5, 5.41) is 3.71. The molecule has 0 radical (unpaired) electrons. The fourth-order valence-electron chi connectivity index (χ4n) is 3.95. The molecule has 1 aliphatic rings. The molecule has 0 spiro atoms. The predicted octanol–water partition coefficient (Wildman–Crippen LogP) is 3.21. The molecule has 0 aliphatic heterocycles. The Hall–Kier alpha value is -2.56. The highest BCUT2D eigenvalue weighted by Gasteiger charge is 2.22. The van der Waals surface area contributed by atoms with Crippen molar-refractivity contribution in [1.82, 2.24) is 14.3 Å². The van der Waals surface area contributed by atoms with Gasteiger partial charge < -0.3 is 4.57 Å². The SMILES string of the molecule is Cc1cccc(-n2[nH]c3cc(=O)n(C4CCCC4)c(C)c3c2=O)c1. The number of aromatic amines is 1. The zero-order chi connectivity index (χ0) is 16.8. The van der Waals surface area contributed by atoms with Crippen molar-refractivity contribution in [2.24, 2.45) is 0 Å². The minimum Gasteiger partial charge on any atom is -0.309 e. The second-order valence-electron chi connectivity index (χ2n) is 6.76. The first-order valence-electron chi connectivity index (χ1n) is 8.50. The molecule has 5 nitrogen and oxygen atoms in total. The third-order valence-electron chi connectivity index (χ3n) is 5.10. The van der Waals surface area contributed by atoms with Crippen LogP contribution in [0.1, 0.15) is 43.0 Å². The number of benzene rings is 1. The number of hydrogen-bond acceptors (Lipinski definition) is 2. The van der Waals surface area contributed by atoms with Gasteiger partial charge in [0.25, 0.3) is 11.1 Å². The van der Waals surface area contributed by atoms with Crippen LogP contribution in [0.25, 0.3) is 16.6 Å². The number of nitrogens with zero attached hydrogens (tertiary/aromatic N) is 2. The van der Waals surface area contributed by atoms with Gasteiger partial charge in [-0.05, 0) is 44.4 Å². The molecule has 1 saturated carbocycles. The molecule has 0 saturated heterocycles. The Morgan fingerprint density at radius 3 is 2.54 bits per heavy atom. The third-order valence-corrected chi connectivity index (χ3v) is 5.10. The van der Waals surface area contributed by atoms with E-state index in [-0.39, 0.29) is 17.2 Å². The van der Waals surface area contributed by atoms with E-state index in [9.17, 15) is 9.59 Å². The monoisotopic (exact) mass is 323 g/mol. The first kappa shape index (κ1) is 15.0. The maximum Gasteiger partial charge on any atom is 0.280 e. The molecule has 4 rings (SSSR count). The predicted molar refractivity (Wildman–Crippen MR) is 95.1 cm³/mol. The lowest BCUT2D eigenvalue weighted by molar-refractivity contribution is 0.494. The second kappa shape index (κ2) is 5.51. The number of aryl methyl sites for hydroxylation is 2. The average molecular weight is 323 g/mol. The lowest BCUT2D eigenvalue weighted by Crippen LogP contribution is -2.26. The first-order chi connectivity index (χ1) is 11.6. The Morgan fingerprint density at radius 2 is 1.83 bits per heavy atom. The van der Waals surface area contributed by atoms with Gasteiger partial charge in [0.1, 0.15) is 0 Å². The van der Waals surface area contributed by atoms with Gasteiger partial charge in [-0.25, -0.2) is 4.68 Å². The Kier molecular flexibility index (Phi) is 3.44. The number of rotatable bonds is 2. The van der Waals surface area contributed by atoms with Crippen LogP contribution in [0.2, 0.25) is 0 Å². The van der Waals surface area contributed by atoms with E-state index in [0.717, 1.165) is 42.6 Å². The maximum absolute atomic E-state index is 13.0. The van der Waals surface area contributed by atoms with E-state index < -0.39 is 0 Å². The average Bonchev–Trinajstić information content (AvgIpc) is 3.16. The summed E-state index contributed by atoms with van der Waals surface area (Å²) >= 11 is 0. The zero-order valence-electron chi connectivity index (χ0n) is 14.0. The molecule has 1 fully saturated rings. The molecule has 3 aromatic rings. The van der Waals surface area contributed by atoms with E-state index >= 15 is 0 Å². The van der Waals surface area contributed by atoms with Gasteiger partial charge in [-0.2, -0.15) is 0 Å². The number of pyridine rings is 1. The van der Waals surface area contributed by atoms with E-state index in [4.69, 9.17) is 0 Å². The lowest BCUT2D eigenvalue weighted by Gasteiger charge is -2.16. The van der Waals surface area contributed by atoms with E-state index in [2.05, 4.69) is 5.10 Å². The van der Waals surface area contributed by atoms with Crippen LogP contribution in [-0.4, -0.2) is 14.3 Å². The minimum atomic E-state index is -0.0974. The fourth-order valence-corrected chi connectivity index (χ4v) is 3.95. The largest absolute Gasteiger partial charge is 0.309 e. The number of aromatic nitrogens is 3. The molecule has 2 heterocycles. The van der Waals surface area contributed by atoms with Gasteiger partial charge in [-0.1, -0.05) is 25.0 Å². The van der Waals surface area contributed by atoms with Gasteiger partial charge in [0.05, 0.1) is 16.6 Å². The summed E-state index contributed by atoms with van der Waals surface area (Å²) in [6, 6.07) is 9.55. The highest BCUT2D eigenvalue weighted by molar-refractivity contribution is 5.80. The molecule has 24 heavy (non-hydrogen) atoms. The van der Waals surface area contributed by atoms with E-state index in [1.54, 1.807) is 6.07 Å². The van der Waals surface area contributed by atoms with Crippen LogP contribution in [0.3, 0.4) is 0 Å². The number of H-pyrrole nitrogens is 1. The van der Waals surface area contributed by atoms with Crippen molar-refractivity contribution in [3.05, 3.63) is 62.3 Å². The zero-order valence-corrected chi connectivity index (χ0v) is 14.0. The lowest BCUT2D eigenvalue weighted by atomic mass is 10.2. The van der Waals surface area contributed by atoms with Gasteiger partial charge in [0.15, 0.2) is 0 Å². The number of fused-ring (bicyclic) bond motifs is 1. The summed E-state index contributed by atoms with van der Waals surface area (Å²) in [6.45, 7) is 3.88. The van der Waals surface area contributed by atoms with Crippen LogP contribution in [-0.2, 0) is 0 Å². The fraction of sp³-hybridized carbons (Fsp3) is 0.368. The van der Waals surface area contributed by atoms with Gasteiger partial charge in [-0.15, -0.1) is 0 Å². The van der Waals surface area contributed by atoms with Crippen molar-refractivity contribution in [2.45, 2.75) is 45.6 Å². The van der Waals surface area contributed by atoms with Crippen molar-refractivity contribution < 1.29 is 0 Å². The molecule has 1 N–H and O–H groups in total. The molecule has 5 heteroatoms. The summed E-state index contributed by atoms with van der Waals surface area (Å²) < 4.78 is 3.36. The van der Waals surface area contributed by atoms with Crippen LogP contribution >= 0.6 is 0 Å². The third kappa shape index (κ3) is 2.23. The van der Waals surface area contributed by atoms with Gasteiger partial charge in [0, 0.05) is 17.8 Å². The second-order valence-corrected chi connectivity index (χ2v) is 6.76. The highest BCUT2D eigenvalue weighted by Crippen LogP contribution is 2.30. The quantitative estimate of drug-likeness (QED) is 0.787. The van der Waals surface area contributed by atoms with Gasteiger partial charge in [0.2, 0.25) is 0 Å². The van der Waals surface area contributed by atoms with E-state index in [0.29, 0.717) is 10.9 Å². The molecule has 0 unspecified atom stereocenters. The van der Waals surface area contributed by atoms with Gasteiger partial charge >= 0.3 is 0 Å². The van der Waals surface area contributed by atoms with E-state index in [1.165, 1.54) is 4.68 Å². The molecular weight excluding hydrogens is 302 g/mol. The van der Waals surface area contributed by atoms with Crippen LogP contribution < -0.4 is 11.1 Å². The Morgan fingerprint density at radius 1 is 1.08 bits per heavy atom. The van der Waals surface area contributed by atoms with Crippen molar-refractivity contribution in [3.63, 3.8) is 0 Å². The standard InChI is InChI=1S/C19H21N3O2/c1-12-6-5-9-15(10-12)22-19(24)18-13(2)21(14-7-3-4-8-14)17(23)11-16(18)20-22/h5-6,9-11,14,20H,3-4,7-8H2,1-2H3. The molecule has 2 aromatic heterocycles. The topological polar surface area (TPSA) is 59.8 Å². The van der Waals surface area contributed by atoms with E-state index in [1.807, 2.05) is 42.7 Å². The molecule has 0 bridgehead atoms. The van der Waals surface area contributed by atoms with Crippen molar-refractivity contribution in [3.8, 4) is 5.69 Å². The summed E-state index contributed by atoms with van der Waals surface area (Å²) in [6.07, 6.45) is 4.33. The van der Waals surface area contributed by atoms with Crippen molar-refractivity contribution in [1.29, 1.82) is 0 Å². The molecule has 1 aliphatic carbocycles. The molecule has 124 valence electrons. The smallest absolute Gasteiger partial charge is 0.280 e. The summed E-state index contributed by atoms with van der Waals surface area (Å²) in [4.78, 5) is 25.5. The van der Waals surface area contributed by atoms with Gasteiger partial charge in [-0.3, -0.25) is 14.7 Å². The first-order valence-corrected chi connectivity index (χ1v) is 8.50. The Balaban J connectivity index is 1.98. The number of nitrogens with one attached hydrogen (secondary N) is 1. The van der Waals surface area contributed by atoms with Crippen LogP contribution in [0.4, 0.5) is 0 Å². The highest BCUT2D eigenvalue weighted by atomic mass is 16.1. The molecular formula is C19H21N3O2. The molecule has 0 amide bonds. The van der Waals surface area contributed by atoms with Crippen molar-refractivity contribution in [2.75, 3.05) is 0 Å². The summed E-state index contributed by atoms with van der Waals surface area (Å²) in [7, 11) is 0. The van der Waals surface area contributed by atoms with Crippen LogP contribution in [0.15, 0.2) is 39.9 Å². The number of hydrogen-bond donors (Lipinski definition) is 1. The summed E-state index contributed by atoms with van der Waals surface area (Å²) in [5.41, 5.74) is 3.13. The summed E-state index contributed by atoms with van der Waals surface area (Å²) in [5.74, 6) is 0. The van der Waals surface area contributed by atoms with Crippen LogP contribution in [0, 0.1) is 13.8 Å². The maximum atomic E-state index is 13.0. The Bertz CT molecular complexity index is 1030. The van der Waals surface area contributed by atoms with Crippen molar-refractivity contribution >= 4 is 10.9 Å². The molecule has 0 atom stereocenters. The molecule has 1 aromatic carbocycles.